The number of carboxylic acid groups (broad SMARTS) is 1. The van der Waals surface area contributed by atoms with Crippen molar-refractivity contribution in [1.29, 1.82) is 0 Å². The lowest BCUT2D eigenvalue weighted by Crippen LogP contribution is -2.31. The Morgan fingerprint density at radius 3 is 2.62 bits per heavy atom. The Kier molecular flexibility index (Phi) is 4.12. The molecule has 1 aromatic rings. The third kappa shape index (κ3) is 3.13. The van der Waals surface area contributed by atoms with Crippen LogP contribution in [-0.4, -0.2) is 46.0 Å². The van der Waals surface area contributed by atoms with E-state index in [1.165, 1.54) is 7.11 Å². The van der Waals surface area contributed by atoms with Crippen LogP contribution in [-0.2, 0) is 9.53 Å². The van der Waals surface area contributed by atoms with E-state index in [4.69, 9.17) is 9.84 Å². The number of anilines is 1. The highest BCUT2D eigenvalue weighted by Crippen LogP contribution is 2.02. The second-order valence-electron chi connectivity index (χ2n) is 3.25. The molecule has 16 heavy (non-hydrogen) atoms. The number of carbonyl (C=O) groups is 1. The van der Waals surface area contributed by atoms with Gasteiger partial charge in [-0.1, -0.05) is 0 Å². The first-order chi connectivity index (χ1) is 7.54. The number of aromatic nitrogens is 3. The molecule has 1 atom stereocenters. The molecule has 0 aliphatic carbocycles. The molecule has 1 aromatic heterocycles. The second kappa shape index (κ2) is 5.36. The van der Waals surface area contributed by atoms with Gasteiger partial charge in [0.1, 0.15) is 0 Å². The summed E-state index contributed by atoms with van der Waals surface area (Å²) in [6.07, 6.45) is -0.926. The van der Waals surface area contributed by atoms with Gasteiger partial charge in [-0.25, -0.2) is 9.78 Å². The van der Waals surface area contributed by atoms with Crippen molar-refractivity contribution in [3.63, 3.8) is 0 Å². The maximum absolute atomic E-state index is 10.7. The fraction of sp³-hybridized carbons (Fsp3) is 0.556. The first kappa shape index (κ1) is 12.3. The van der Waals surface area contributed by atoms with Gasteiger partial charge in [-0.3, -0.25) is 0 Å². The fourth-order valence-electron chi connectivity index (χ4n) is 0.987. The molecule has 0 aliphatic rings. The van der Waals surface area contributed by atoms with Gasteiger partial charge in [0.2, 0.25) is 5.95 Å². The predicted molar refractivity (Wildman–Crippen MR) is 56.2 cm³/mol. The summed E-state index contributed by atoms with van der Waals surface area (Å²) < 4.78 is 4.75. The molecular formula is C9H14N4O3. The number of nitrogens with one attached hydrogen (secondary N) is 1. The van der Waals surface area contributed by atoms with Crippen LogP contribution in [0.15, 0.2) is 0 Å². The van der Waals surface area contributed by atoms with E-state index in [0.717, 1.165) is 11.4 Å². The highest BCUT2D eigenvalue weighted by molar-refractivity contribution is 5.73. The summed E-state index contributed by atoms with van der Waals surface area (Å²) in [5, 5.41) is 19.1. The van der Waals surface area contributed by atoms with Gasteiger partial charge in [-0.2, -0.15) is 5.10 Å². The van der Waals surface area contributed by atoms with Gasteiger partial charge >= 0.3 is 5.97 Å². The predicted octanol–water partition coefficient (Wildman–Crippen LogP) is -0.0000600. The summed E-state index contributed by atoms with van der Waals surface area (Å²) in [5.41, 5.74) is 1.49. The van der Waals surface area contributed by atoms with Crippen molar-refractivity contribution < 1.29 is 14.6 Å². The zero-order valence-corrected chi connectivity index (χ0v) is 9.39. The molecule has 1 unspecified atom stereocenters. The lowest BCUT2D eigenvalue weighted by molar-refractivity contribution is -0.147. The molecule has 0 saturated heterocycles. The Bertz CT molecular complexity index is 383. The van der Waals surface area contributed by atoms with E-state index >= 15 is 0 Å². The summed E-state index contributed by atoms with van der Waals surface area (Å²) in [5.74, 6) is -0.738. The van der Waals surface area contributed by atoms with Crippen LogP contribution in [0.25, 0.3) is 0 Å². The second-order valence-corrected chi connectivity index (χ2v) is 3.25. The van der Waals surface area contributed by atoms with Crippen LogP contribution < -0.4 is 5.32 Å². The van der Waals surface area contributed by atoms with Crippen LogP contribution in [0.1, 0.15) is 11.4 Å². The van der Waals surface area contributed by atoms with Crippen molar-refractivity contribution in [2.45, 2.75) is 20.0 Å². The Morgan fingerprint density at radius 2 is 2.12 bits per heavy atom. The van der Waals surface area contributed by atoms with Crippen molar-refractivity contribution in [3.05, 3.63) is 11.4 Å². The Hall–Kier alpha value is -1.76. The van der Waals surface area contributed by atoms with E-state index < -0.39 is 12.1 Å². The molecule has 0 bridgehead atoms. The minimum absolute atomic E-state index is 0.0933. The Labute approximate surface area is 92.9 Å². The summed E-state index contributed by atoms with van der Waals surface area (Å²) >= 11 is 0. The van der Waals surface area contributed by atoms with E-state index in [1.807, 2.05) is 0 Å². The van der Waals surface area contributed by atoms with Gasteiger partial charge in [-0.15, -0.1) is 5.10 Å². The summed E-state index contributed by atoms with van der Waals surface area (Å²) in [4.78, 5) is 14.8. The van der Waals surface area contributed by atoms with Crippen LogP contribution in [0, 0.1) is 13.8 Å². The highest BCUT2D eigenvalue weighted by atomic mass is 16.5. The van der Waals surface area contributed by atoms with E-state index in [9.17, 15) is 4.79 Å². The summed E-state index contributed by atoms with van der Waals surface area (Å²) in [6.45, 7) is 3.70. The van der Waals surface area contributed by atoms with Crippen molar-refractivity contribution in [2.75, 3.05) is 19.0 Å². The molecule has 0 radical (unpaired) electrons. The molecular weight excluding hydrogens is 212 g/mol. The van der Waals surface area contributed by atoms with Crippen LogP contribution in [0.4, 0.5) is 5.95 Å². The number of nitrogens with zero attached hydrogens (tertiary/aromatic N) is 3. The fourth-order valence-corrected chi connectivity index (χ4v) is 0.987. The molecule has 7 heteroatoms. The molecule has 88 valence electrons. The van der Waals surface area contributed by atoms with Gasteiger partial charge in [0, 0.05) is 7.11 Å². The molecule has 0 aromatic carbocycles. The number of hydrogen-bond donors (Lipinski definition) is 2. The van der Waals surface area contributed by atoms with Gasteiger partial charge in [0.05, 0.1) is 17.9 Å². The molecule has 1 rings (SSSR count). The zero-order chi connectivity index (χ0) is 12.1. The van der Waals surface area contributed by atoms with Gasteiger partial charge in [-0.05, 0) is 13.8 Å². The lowest BCUT2D eigenvalue weighted by Gasteiger charge is -2.11. The highest BCUT2D eigenvalue weighted by Gasteiger charge is 2.16. The standard InChI is InChI=1S/C9H14N4O3/c1-5-6(2)12-13-9(11-5)10-4-7(16-3)8(14)15/h7H,4H2,1-3H3,(H,14,15)(H,10,11,13). The molecule has 2 N–H and O–H groups in total. The maximum atomic E-state index is 10.7. The number of aliphatic carboxylic acids is 1. The number of ether oxygens (including phenoxy) is 1. The molecule has 0 saturated carbocycles. The minimum atomic E-state index is -1.04. The molecule has 0 amide bonds. The van der Waals surface area contributed by atoms with E-state index in [2.05, 4.69) is 20.5 Å². The van der Waals surface area contributed by atoms with Gasteiger partial charge in [0.25, 0.3) is 0 Å². The van der Waals surface area contributed by atoms with Crippen molar-refractivity contribution >= 4 is 11.9 Å². The zero-order valence-electron chi connectivity index (χ0n) is 9.39. The number of carboxylic acids is 1. The number of aryl methyl sites for hydroxylation is 2. The third-order valence-electron chi connectivity index (χ3n) is 2.10. The molecule has 7 nitrogen and oxygen atoms in total. The Morgan fingerprint density at radius 1 is 1.44 bits per heavy atom. The maximum Gasteiger partial charge on any atom is 0.334 e. The average Bonchev–Trinajstić information content (AvgIpc) is 2.23. The summed E-state index contributed by atoms with van der Waals surface area (Å²) in [7, 11) is 1.33. The molecule has 0 aliphatic heterocycles. The number of methoxy groups -OCH3 is 1. The third-order valence-corrected chi connectivity index (χ3v) is 2.10. The molecule has 0 spiro atoms. The van der Waals surface area contributed by atoms with Crippen molar-refractivity contribution in [1.82, 2.24) is 15.2 Å². The topological polar surface area (TPSA) is 97.2 Å². The first-order valence-electron chi connectivity index (χ1n) is 4.72. The number of rotatable bonds is 5. The molecule has 0 fully saturated rings. The summed E-state index contributed by atoms with van der Waals surface area (Å²) in [6, 6.07) is 0. The van der Waals surface area contributed by atoms with Crippen LogP contribution in [0.2, 0.25) is 0 Å². The normalized spacial score (nSPS) is 12.2. The van der Waals surface area contributed by atoms with Crippen molar-refractivity contribution in [2.24, 2.45) is 0 Å². The quantitative estimate of drug-likeness (QED) is 0.729. The Balaban J connectivity index is 2.60. The number of hydrogen-bond acceptors (Lipinski definition) is 6. The molecule has 1 heterocycles. The minimum Gasteiger partial charge on any atom is -0.479 e. The largest absolute Gasteiger partial charge is 0.479 e. The lowest BCUT2D eigenvalue weighted by atomic mass is 10.3. The van der Waals surface area contributed by atoms with Crippen molar-refractivity contribution in [3.8, 4) is 0 Å². The smallest absolute Gasteiger partial charge is 0.334 e. The first-order valence-corrected chi connectivity index (χ1v) is 4.72. The van der Waals surface area contributed by atoms with Crippen LogP contribution in [0.5, 0.6) is 0 Å². The van der Waals surface area contributed by atoms with E-state index in [0.29, 0.717) is 5.95 Å². The van der Waals surface area contributed by atoms with E-state index in [1.54, 1.807) is 13.8 Å². The van der Waals surface area contributed by atoms with E-state index in [-0.39, 0.29) is 6.54 Å². The monoisotopic (exact) mass is 226 g/mol. The van der Waals surface area contributed by atoms with Crippen LogP contribution in [0.3, 0.4) is 0 Å². The van der Waals surface area contributed by atoms with Gasteiger partial charge in [0.15, 0.2) is 6.10 Å². The van der Waals surface area contributed by atoms with Gasteiger partial charge < -0.3 is 15.2 Å². The average molecular weight is 226 g/mol. The van der Waals surface area contributed by atoms with Crippen LogP contribution >= 0.6 is 0 Å². The SMILES string of the molecule is COC(CNc1nnc(C)c(C)n1)C(=O)O.